The van der Waals surface area contributed by atoms with Crippen LogP contribution < -0.4 is 5.43 Å². The molecule has 0 aromatic heterocycles. The van der Waals surface area contributed by atoms with Gasteiger partial charge < -0.3 is 0 Å². The summed E-state index contributed by atoms with van der Waals surface area (Å²) >= 11 is 0. The van der Waals surface area contributed by atoms with Crippen LogP contribution in [0.3, 0.4) is 0 Å². The fourth-order valence-corrected chi connectivity index (χ4v) is 1.60. The molecule has 0 saturated carbocycles. The van der Waals surface area contributed by atoms with Gasteiger partial charge >= 0.3 is 0 Å². The number of rotatable bonds is 6. The maximum atomic E-state index is 11.8. The lowest BCUT2D eigenvalue weighted by Gasteiger charge is -2.03. The highest BCUT2D eigenvalue weighted by Gasteiger charge is 2.03. The predicted octanol–water partition coefficient (Wildman–Crippen LogP) is 3.68. The molecule has 1 rings (SSSR count). The molecule has 0 bridgehead atoms. The van der Waals surface area contributed by atoms with Gasteiger partial charge in [-0.3, -0.25) is 4.79 Å². The van der Waals surface area contributed by atoms with Crippen molar-refractivity contribution >= 4 is 11.6 Å². The van der Waals surface area contributed by atoms with Gasteiger partial charge in [-0.2, -0.15) is 5.10 Å². The maximum absolute atomic E-state index is 11.8. The van der Waals surface area contributed by atoms with Crippen LogP contribution in [-0.2, 0) is 0 Å². The van der Waals surface area contributed by atoms with E-state index in [0.717, 1.165) is 24.1 Å². The number of carbonyl (C=O) groups excluding carboxylic acids is 1. The predicted molar refractivity (Wildman–Crippen MR) is 75.9 cm³/mol. The van der Waals surface area contributed by atoms with Crippen LogP contribution >= 0.6 is 0 Å². The van der Waals surface area contributed by atoms with Crippen LogP contribution in [0.2, 0.25) is 0 Å². The normalized spacial score (nSPS) is 11.4. The minimum atomic E-state index is -0.148. The SMILES string of the molecule is CCCCC/C(C)=N/NC(=O)c1ccc(C)cc1. The van der Waals surface area contributed by atoms with E-state index in [2.05, 4.69) is 17.5 Å². The first-order chi connectivity index (χ1) is 8.63. The maximum Gasteiger partial charge on any atom is 0.271 e. The van der Waals surface area contributed by atoms with Crippen molar-refractivity contribution in [2.75, 3.05) is 0 Å². The number of nitrogens with one attached hydrogen (secondary N) is 1. The number of benzene rings is 1. The molecule has 0 aliphatic heterocycles. The van der Waals surface area contributed by atoms with Gasteiger partial charge in [-0.25, -0.2) is 5.43 Å². The Morgan fingerprint density at radius 2 is 1.89 bits per heavy atom. The second-order valence-corrected chi connectivity index (χ2v) is 4.61. The highest BCUT2D eigenvalue weighted by molar-refractivity contribution is 5.95. The summed E-state index contributed by atoms with van der Waals surface area (Å²) in [6, 6.07) is 7.47. The fraction of sp³-hybridized carbons (Fsp3) is 0.467. The largest absolute Gasteiger partial charge is 0.271 e. The number of hydrogen-bond donors (Lipinski definition) is 1. The Kier molecular flexibility index (Phi) is 6.12. The first-order valence-electron chi connectivity index (χ1n) is 6.53. The second kappa shape index (κ2) is 7.64. The molecule has 0 fully saturated rings. The molecule has 0 atom stereocenters. The zero-order valence-electron chi connectivity index (χ0n) is 11.5. The number of hydrogen-bond acceptors (Lipinski definition) is 2. The van der Waals surface area contributed by atoms with Crippen molar-refractivity contribution in [2.45, 2.75) is 46.5 Å². The molecule has 3 heteroatoms. The molecule has 0 aliphatic carbocycles. The number of nitrogens with zero attached hydrogens (tertiary/aromatic N) is 1. The van der Waals surface area contributed by atoms with Gasteiger partial charge in [0.1, 0.15) is 0 Å². The molecule has 0 heterocycles. The highest BCUT2D eigenvalue weighted by atomic mass is 16.2. The number of hydrazone groups is 1. The first-order valence-corrected chi connectivity index (χ1v) is 6.53. The van der Waals surface area contributed by atoms with Crippen molar-refractivity contribution in [2.24, 2.45) is 5.10 Å². The molecule has 0 saturated heterocycles. The molecule has 1 aromatic rings. The molecule has 0 aliphatic rings. The van der Waals surface area contributed by atoms with Crippen LogP contribution in [0.15, 0.2) is 29.4 Å². The molecule has 98 valence electrons. The van der Waals surface area contributed by atoms with Gasteiger partial charge in [0.25, 0.3) is 5.91 Å². The monoisotopic (exact) mass is 246 g/mol. The lowest BCUT2D eigenvalue weighted by Crippen LogP contribution is -2.19. The summed E-state index contributed by atoms with van der Waals surface area (Å²) in [6.45, 7) is 6.12. The van der Waals surface area contributed by atoms with E-state index in [-0.39, 0.29) is 5.91 Å². The van der Waals surface area contributed by atoms with Gasteiger partial charge in [0, 0.05) is 11.3 Å². The number of aryl methyl sites for hydroxylation is 1. The summed E-state index contributed by atoms with van der Waals surface area (Å²) in [4.78, 5) is 11.8. The lowest BCUT2D eigenvalue weighted by molar-refractivity contribution is 0.0954. The Balaban J connectivity index is 2.44. The number of carbonyl (C=O) groups is 1. The van der Waals surface area contributed by atoms with Crippen LogP contribution in [0.1, 0.15) is 55.5 Å². The van der Waals surface area contributed by atoms with Crippen molar-refractivity contribution in [3.63, 3.8) is 0 Å². The van der Waals surface area contributed by atoms with Crippen molar-refractivity contribution in [1.29, 1.82) is 0 Å². The van der Waals surface area contributed by atoms with Gasteiger partial charge in [-0.05, 0) is 38.8 Å². The average Bonchev–Trinajstić information content (AvgIpc) is 2.37. The molecular weight excluding hydrogens is 224 g/mol. The van der Waals surface area contributed by atoms with E-state index in [0.29, 0.717) is 5.56 Å². The van der Waals surface area contributed by atoms with Crippen LogP contribution in [0.4, 0.5) is 0 Å². The van der Waals surface area contributed by atoms with Gasteiger partial charge in [0.15, 0.2) is 0 Å². The van der Waals surface area contributed by atoms with E-state index in [4.69, 9.17) is 0 Å². The fourth-order valence-electron chi connectivity index (χ4n) is 1.60. The summed E-state index contributed by atoms with van der Waals surface area (Å²) in [6.07, 6.45) is 4.48. The molecular formula is C15H22N2O. The van der Waals surface area contributed by atoms with Crippen molar-refractivity contribution in [3.8, 4) is 0 Å². The molecule has 18 heavy (non-hydrogen) atoms. The molecule has 0 spiro atoms. The highest BCUT2D eigenvalue weighted by Crippen LogP contribution is 2.03. The third-order valence-corrected chi connectivity index (χ3v) is 2.80. The second-order valence-electron chi connectivity index (χ2n) is 4.61. The van der Waals surface area contributed by atoms with Crippen LogP contribution in [0.5, 0.6) is 0 Å². The third-order valence-electron chi connectivity index (χ3n) is 2.80. The standard InChI is InChI=1S/C15H22N2O/c1-4-5-6-7-13(3)16-17-15(18)14-10-8-12(2)9-11-14/h8-11H,4-7H2,1-3H3,(H,17,18)/b16-13+. The average molecular weight is 246 g/mol. The van der Waals surface area contributed by atoms with Crippen LogP contribution in [0.25, 0.3) is 0 Å². The van der Waals surface area contributed by atoms with Crippen molar-refractivity contribution in [3.05, 3.63) is 35.4 Å². The third kappa shape index (κ3) is 5.13. The van der Waals surface area contributed by atoms with E-state index in [1.54, 1.807) is 0 Å². The van der Waals surface area contributed by atoms with E-state index in [9.17, 15) is 4.79 Å². The molecule has 3 nitrogen and oxygen atoms in total. The molecule has 1 N–H and O–H groups in total. The zero-order chi connectivity index (χ0) is 13.4. The van der Waals surface area contributed by atoms with Gasteiger partial charge in [-0.1, -0.05) is 37.5 Å². The Bertz CT molecular complexity index is 407. The summed E-state index contributed by atoms with van der Waals surface area (Å²) in [5.41, 5.74) is 5.36. The van der Waals surface area contributed by atoms with Gasteiger partial charge in [0.2, 0.25) is 0 Å². The van der Waals surface area contributed by atoms with E-state index in [1.165, 1.54) is 12.8 Å². The minimum absolute atomic E-state index is 0.148. The molecule has 1 amide bonds. The van der Waals surface area contributed by atoms with E-state index >= 15 is 0 Å². The smallest absolute Gasteiger partial charge is 0.267 e. The first kappa shape index (κ1) is 14.4. The summed E-state index contributed by atoms with van der Waals surface area (Å²) in [7, 11) is 0. The lowest BCUT2D eigenvalue weighted by atomic mass is 10.1. The zero-order valence-corrected chi connectivity index (χ0v) is 11.5. The van der Waals surface area contributed by atoms with E-state index in [1.807, 2.05) is 38.1 Å². The Morgan fingerprint density at radius 1 is 1.22 bits per heavy atom. The molecule has 1 aromatic carbocycles. The van der Waals surface area contributed by atoms with Gasteiger partial charge in [0.05, 0.1) is 0 Å². The Hall–Kier alpha value is -1.64. The number of amides is 1. The molecule has 0 unspecified atom stereocenters. The van der Waals surface area contributed by atoms with Crippen molar-refractivity contribution < 1.29 is 4.79 Å². The minimum Gasteiger partial charge on any atom is -0.267 e. The Morgan fingerprint density at radius 3 is 2.50 bits per heavy atom. The van der Waals surface area contributed by atoms with Gasteiger partial charge in [-0.15, -0.1) is 0 Å². The molecule has 0 radical (unpaired) electrons. The van der Waals surface area contributed by atoms with Crippen LogP contribution in [0, 0.1) is 6.92 Å². The summed E-state index contributed by atoms with van der Waals surface area (Å²) < 4.78 is 0. The quantitative estimate of drug-likeness (QED) is 0.464. The summed E-state index contributed by atoms with van der Waals surface area (Å²) in [5.74, 6) is -0.148. The Labute approximate surface area is 109 Å². The topological polar surface area (TPSA) is 41.5 Å². The van der Waals surface area contributed by atoms with Crippen molar-refractivity contribution in [1.82, 2.24) is 5.43 Å². The van der Waals surface area contributed by atoms with E-state index < -0.39 is 0 Å². The number of unbranched alkanes of at least 4 members (excludes halogenated alkanes) is 2. The van der Waals surface area contributed by atoms with Crippen LogP contribution in [-0.4, -0.2) is 11.6 Å². The summed E-state index contributed by atoms with van der Waals surface area (Å²) in [5, 5.41) is 4.11.